The number of benzene rings is 2. The van der Waals surface area contributed by atoms with Gasteiger partial charge in [0.05, 0.1) is 23.3 Å². The van der Waals surface area contributed by atoms with Gasteiger partial charge in [0.1, 0.15) is 24.1 Å². The van der Waals surface area contributed by atoms with E-state index in [9.17, 15) is 4.39 Å². The number of halogens is 2. The zero-order valence-corrected chi connectivity index (χ0v) is 18.6. The van der Waals surface area contributed by atoms with Crippen molar-refractivity contribution in [3.8, 4) is 11.4 Å². The highest BCUT2D eigenvalue weighted by atomic mass is 35.5. The molecule has 0 aliphatic heterocycles. The van der Waals surface area contributed by atoms with Crippen LogP contribution in [0.3, 0.4) is 0 Å². The summed E-state index contributed by atoms with van der Waals surface area (Å²) in [7, 11) is 0. The Balaban J connectivity index is 0.00000272. The summed E-state index contributed by atoms with van der Waals surface area (Å²) in [6.07, 6.45) is 3.62. The molecule has 0 unspecified atom stereocenters. The minimum absolute atomic E-state index is 0. The standard InChI is InChI=1S/C23H24FN5O.ClH/c1-4-29-20-11-7-10-19(16(3)27-30-5-2)22(20)26-21(29)15-28-13-12-25-23(28)17-8-6-9-18(24)14-17;/h6-14H,4-5,15H2,1-3H3;1H/b27-16+;. The molecular weight excluding hydrogens is 417 g/mol. The van der Waals surface area contributed by atoms with E-state index in [1.54, 1.807) is 12.3 Å². The minimum Gasteiger partial charge on any atom is -0.396 e. The van der Waals surface area contributed by atoms with Gasteiger partial charge in [-0.2, -0.15) is 0 Å². The van der Waals surface area contributed by atoms with Crippen molar-refractivity contribution in [3.05, 3.63) is 72.1 Å². The molecule has 0 radical (unpaired) electrons. The molecule has 0 atom stereocenters. The van der Waals surface area contributed by atoms with E-state index < -0.39 is 0 Å². The number of rotatable bonds is 7. The Labute approximate surface area is 186 Å². The second-order valence-corrected chi connectivity index (χ2v) is 6.93. The second kappa shape index (κ2) is 9.75. The number of para-hydroxylation sites is 1. The van der Waals surface area contributed by atoms with Crippen LogP contribution in [-0.2, 0) is 17.9 Å². The van der Waals surface area contributed by atoms with E-state index in [0.717, 1.165) is 40.2 Å². The lowest BCUT2D eigenvalue weighted by atomic mass is 10.1. The molecule has 162 valence electrons. The number of imidazole rings is 2. The number of nitrogens with zero attached hydrogens (tertiary/aromatic N) is 5. The van der Waals surface area contributed by atoms with Crippen LogP contribution in [0.2, 0.25) is 0 Å². The van der Waals surface area contributed by atoms with Gasteiger partial charge in [0, 0.05) is 30.1 Å². The molecule has 31 heavy (non-hydrogen) atoms. The smallest absolute Gasteiger partial charge is 0.140 e. The van der Waals surface area contributed by atoms with E-state index in [-0.39, 0.29) is 18.2 Å². The molecule has 0 aliphatic carbocycles. The van der Waals surface area contributed by atoms with Gasteiger partial charge in [-0.05, 0) is 39.0 Å². The molecular formula is C23H25ClFN5O. The Bertz CT molecular complexity index is 1210. The summed E-state index contributed by atoms with van der Waals surface area (Å²) in [6, 6.07) is 12.6. The lowest BCUT2D eigenvalue weighted by Gasteiger charge is -2.10. The number of hydrogen-bond acceptors (Lipinski definition) is 4. The van der Waals surface area contributed by atoms with Gasteiger partial charge in [-0.15, -0.1) is 12.4 Å². The summed E-state index contributed by atoms with van der Waals surface area (Å²) in [5, 5.41) is 4.18. The molecule has 8 heteroatoms. The molecule has 0 saturated carbocycles. The maximum absolute atomic E-state index is 13.7. The summed E-state index contributed by atoms with van der Waals surface area (Å²) in [4.78, 5) is 14.6. The number of aromatic nitrogens is 4. The average molecular weight is 442 g/mol. The number of hydrogen-bond donors (Lipinski definition) is 0. The monoisotopic (exact) mass is 441 g/mol. The van der Waals surface area contributed by atoms with E-state index in [1.165, 1.54) is 12.1 Å². The maximum Gasteiger partial charge on any atom is 0.140 e. The van der Waals surface area contributed by atoms with Crippen LogP contribution in [0.5, 0.6) is 0 Å². The highest BCUT2D eigenvalue weighted by Crippen LogP contribution is 2.24. The van der Waals surface area contributed by atoms with Crippen molar-refractivity contribution in [1.29, 1.82) is 0 Å². The van der Waals surface area contributed by atoms with Gasteiger partial charge in [0.25, 0.3) is 0 Å². The van der Waals surface area contributed by atoms with E-state index in [2.05, 4.69) is 27.7 Å². The summed E-state index contributed by atoms with van der Waals surface area (Å²) < 4.78 is 17.9. The largest absolute Gasteiger partial charge is 0.396 e. The summed E-state index contributed by atoms with van der Waals surface area (Å²) in [5.74, 6) is 1.33. The highest BCUT2D eigenvalue weighted by molar-refractivity contribution is 6.07. The van der Waals surface area contributed by atoms with Gasteiger partial charge in [-0.3, -0.25) is 0 Å². The zero-order chi connectivity index (χ0) is 21.1. The van der Waals surface area contributed by atoms with Crippen molar-refractivity contribution in [2.24, 2.45) is 5.16 Å². The fraction of sp³-hybridized carbons (Fsp3) is 0.261. The fourth-order valence-corrected chi connectivity index (χ4v) is 3.65. The SMILES string of the molecule is CCO/N=C(\C)c1cccc2c1nc(Cn1ccnc1-c1cccc(F)c1)n2CC.Cl. The first-order valence-electron chi connectivity index (χ1n) is 10.0. The predicted molar refractivity (Wildman–Crippen MR) is 123 cm³/mol. The summed E-state index contributed by atoms with van der Waals surface area (Å²) >= 11 is 0. The molecule has 2 aromatic heterocycles. The van der Waals surface area contributed by atoms with E-state index >= 15 is 0 Å². The van der Waals surface area contributed by atoms with Crippen molar-refractivity contribution in [3.63, 3.8) is 0 Å². The Morgan fingerprint density at radius 2 is 1.97 bits per heavy atom. The second-order valence-electron chi connectivity index (χ2n) is 6.93. The molecule has 2 aromatic carbocycles. The zero-order valence-electron chi connectivity index (χ0n) is 17.7. The first kappa shape index (κ1) is 22.5. The molecule has 6 nitrogen and oxygen atoms in total. The lowest BCUT2D eigenvalue weighted by Crippen LogP contribution is -2.08. The Kier molecular flexibility index (Phi) is 7.07. The molecule has 0 amide bonds. The van der Waals surface area contributed by atoms with Gasteiger partial charge in [0.2, 0.25) is 0 Å². The van der Waals surface area contributed by atoms with Crippen LogP contribution in [0.15, 0.2) is 60.0 Å². The normalized spacial score (nSPS) is 11.5. The topological polar surface area (TPSA) is 57.2 Å². The molecule has 2 heterocycles. The molecule has 0 bridgehead atoms. The molecule has 0 spiro atoms. The van der Waals surface area contributed by atoms with E-state index in [1.807, 2.05) is 42.8 Å². The van der Waals surface area contributed by atoms with Crippen molar-refractivity contribution in [1.82, 2.24) is 19.1 Å². The van der Waals surface area contributed by atoms with Crippen LogP contribution in [-0.4, -0.2) is 31.4 Å². The fourth-order valence-electron chi connectivity index (χ4n) is 3.65. The Morgan fingerprint density at radius 1 is 1.16 bits per heavy atom. The number of aryl methyl sites for hydroxylation is 1. The molecule has 0 aliphatic rings. The van der Waals surface area contributed by atoms with Crippen LogP contribution in [0.1, 0.15) is 32.2 Å². The minimum atomic E-state index is -0.281. The summed E-state index contributed by atoms with van der Waals surface area (Å²) in [5.41, 5.74) is 4.41. The molecule has 0 fully saturated rings. The summed E-state index contributed by atoms with van der Waals surface area (Å²) in [6.45, 7) is 7.75. The molecule has 0 saturated heterocycles. The van der Waals surface area contributed by atoms with Gasteiger partial charge in [-0.1, -0.05) is 29.4 Å². The van der Waals surface area contributed by atoms with Crippen LogP contribution in [0.25, 0.3) is 22.4 Å². The molecule has 4 aromatic rings. The van der Waals surface area contributed by atoms with Crippen LogP contribution >= 0.6 is 12.4 Å². The van der Waals surface area contributed by atoms with Crippen molar-refractivity contribution in [2.45, 2.75) is 33.9 Å². The first-order chi connectivity index (χ1) is 14.6. The lowest BCUT2D eigenvalue weighted by molar-refractivity contribution is 0.159. The first-order valence-corrected chi connectivity index (χ1v) is 10.0. The van der Waals surface area contributed by atoms with E-state index in [4.69, 9.17) is 9.82 Å². The van der Waals surface area contributed by atoms with Crippen LogP contribution in [0.4, 0.5) is 4.39 Å². The molecule has 4 rings (SSSR count). The Hall–Kier alpha value is -3.19. The highest BCUT2D eigenvalue weighted by Gasteiger charge is 2.16. The number of fused-ring (bicyclic) bond motifs is 1. The van der Waals surface area contributed by atoms with Crippen molar-refractivity contribution >= 4 is 29.2 Å². The Morgan fingerprint density at radius 3 is 2.71 bits per heavy atom. The third-order valence-electron chi connectivity index (χ3n) is 5.00. The van der Waals surface area contributed by atoms with Crippen LogP contribution < -0.4 is 0 Å². The number of oxime groups is 1. The van der Waals surface area contributed by atoms with Gasteiger partial charge in [-0.25, -0.2) is 14.4 Å². The van der Waals surface area contributed by atoms with Crippen molar-refractivity contribution < 1.29 is 9.23 Å². The van der Waals surface area contributed by atoms with Crippen LogP contribution in [0, 0.1) is 5.82 Å². The van der Waals surface area contributed by atoms with Gasteiger partial charge >= 0.3 is 0 Å². The maximum atomic E-state index is 13.7. The van der Waals surface area contributed by atoms with Crippen molar-refractivity contribution in [2.75, 3.05) is 6.61 Å². The van der Waals surface area contributed by atoms with Gasteiger partial charge in [0.15, 0.2) is 0 Å². The quantitative estimate of drug-likeness (QED) is 0.289. The predicted octanol–water partition coefficient (Wildman–Crippen LogP) is 5.29. The van der Waals surface area contributed by atoms with Gasteiger partial charge < -0.3 is 14.0 Å². The third-order valence-corrected chi connectivity index (χ3v) is 5.00. The molecule has 0 N–H and O–H groups in total. The average Bonchev–Trinajstić information content (AvgIpc) is 3.35. The third kappa shape index (κ3) is 4.46. The van der Waals surface area contributed by atoms with E-state index in [0.29, 0.717) is 19.0 Å².